The summed E-state index contributed by atoms with van der Waals surface area (Å²) in [5.41, 5.74) is 2.64. The van der Waals surface area contributed by atoms with Crippen molar-refractivity contribution in [1.82, 2.24) is 15.2 Å². The van der Waals surface area contributed by atoms with E-state index in [0.717, 1.165) is 13.1 Å². The zero-order chi connectivity index (χ0) is 12.9. The zero-order valence-electron chi connectivity index (χ0n) is 11.8. The van der Waals surface area contributed by atoms with Crippen LogP contribution in [0.1, 0.15) is 49.3 Å². The van der Waals surface area contributed by atoms with Gasteiger partial charge in [-0.1, -0.05) is 12.5 Å². The number of rotatable bonds is 3. The number of nitrogens with zero attached hydrogens (tertiary/aromatic N) is 2. The maximum Gasteiger partial charge on any atom is 0.0447 e. The smallest absolute Gasteiger partial charge is 0.0447 e. The molecule has 1 aromatic heterocycles. The van der Waals surface area contributed by atoms with Gasteiger partial charge >= 0.3 is 0 Å². The summed E-state index contributed by atoms with van der Waals surface area (Å²) in [5, 5.41) is 3.47. The number of hydrogen-bond acceptors (Lipinski definition) is 3. The van der Waals surface area contributed by atoms with E-state index in [0.29, 0.717) is 5.92 Å². The van der Waals surface area contributed by atoms with E-state index in [9.17, 15) is 0 Å². The first kappa shape index (κ1) is 13.1. The Balaban J connectivity index is 1.58. The van der Waals surface area contributed by atoms with Gasteiger partial charge in [-0.05, 0) is 56.9 Å². The Hall–Kier alpha value is -0.930. The summed E-state index contributed by atoms with van der Waals surface area (Å²) < 4.78 is 0. The molecule has 0 aliphatic carbocycles. The highest BCUT2D eigenvalue weighted by atomic mass is 15.1. The van der Waals surface area contributed by atoms with E-state index in [4.69, 9.17) is 4.98 Å². The number of hydrogen-bond donors (Lipinski definition) is 1. The standard InChI is InChI=1S/C16H25N3/c1-2-9-19(10-3-1)13-14-6-7-16(18-11-14)15-5-4-8-17-12-15/h6-7,11,15,17H,1-5,8-10,12-13H2. The van der Waals surface area contributed by atoms with Crippen LogP contribution in [0.3, 0.4) is 0 Å². The van der Waals surface area contributed by atoms with Crippen molar-refractivity contribution in [3.8, 4) is 0 Å². The summed E-state index contributed by atoms with van der Waals surface area (Å²) in [6, 6.07) is 4.53. The van der Waals surface area contributed by atoms with Crippen LogP contribution in [0.25, 0.3) is 0 Å². The van der Waals surface area contributed by atoms with Gasteiger partial charge in [0, 0.05) is 30.9 Å². The molecule has 0 spiro atoms. The molecule has 2 aliphatic heterocycles. The molecule has 2 fully saturated rings. The summed E-state index contributed by atoms with van der Waals surface area (Å²) in [4.78, 5) is 7.26. The lowest BCUT2D eigenvalue weighted by Crippen LogP contribution is -2.29. The van der Waals surface area contributed by atoms with Crippen LogP contribution in [0.5, 0.6) is 0 Å². The summed E-state index contributed by atoms with van der Waals surface area (Å²) >= 11 is 0. The van der Waals surface area contributed by atoms with E-state index >= 15 is 0 Å². The number of likely N-dealkylation sites (tertiary alicyclic amines) is 1. The van der Waals surface area contributed by atoms with Gasteiger partial charge < -0.3 is 5.32 Å². The highest BCUT2D eigenvalue weighted by Crippen LogP contribution is 2.21. The highest BCUT2D eigenvalue weighted by Gasteiger charge is 2.16. The topological polar surface area (TPSA) is 28.2 Å². The molecule has 2 saturated heterocycles. The first-order valence-corrected chi connectivity index (χ1v) is 7.80. The van der Waals surface area contributed by atoms with Gasteiger partial charge in [-0.15, -0.1) is 0 Å². The average molecular weight is 259 g/mol. The summed E-state index contributed by atoms with van der Waals surface area (Å²) in [5.74, 6) is 0.623. The predicted molar refractivity (Wildman–Crippen MR) is 78.2 cm³/mol. The molecule has 2 aliphatic rings. The van der Waals surface area contributed by atoms with E-state index in [1.54, 1.807) is 0 Å². The lowest BCUT2D eigenvalue weighted by atomic mass is 9.95. The molecule has 3 nitrogen and oxygen atoms in total. The Bertz CT molecular complexity index is 375. The number of pyridine rings is 1. The molecule has 104 valence electrons. The second-order valence-corrected chi connectivity index (χ2v) is 5.97. The van der Waals surface area contributed by atoms with Gasteiger partial charge in [-0.25, -0.2) is 0 Å². The minimum absolute atomic E-state index is 0.623. The van der Waals surface area contributed by atoms with Crippen molar-refractivity contribution in [2.75, 3.05) is 26.2 Å². The predicted octanol–water partition coefficient (Wildman–Crippen LogP) is 2.53. The SMILES string of the molecule is c1cc(C2CCCNC2)ncc1CN1CCCCC1. The molecule has 3 heterocycles. The van der Waals surface area contributed by atoms with Crippen LogP contribution in [0.2, 0.25) is 0 Å². The fourth-order valence-corrected chi connectivity index (χ4v) is 3.25. The molecule has 0 aromatic carbocycles. The van der Waals surface area contributed by atoms with E-state index in [1.807, 2.05) is 0 Å². The molecular formula is C16H25N3. The molecule has 0 radical (unpaired) electrons. The van der Waals surface area contributed by atoms with Crippen molar-refractivity contribution in [2.24, 2.45) is 0 Å². The Morgan fingerprint density at radius 2 is 2.05 bits per heavy atom. The molecule has 3 heteroatoms. The summed E-state index contributed by atoms with van der Waals surface area (Å²) in [6.07, 6.45) is 8.78. The second kappa shape index (κ2) is 6.49. The molecule has 0 amide bonds. The third kappa shape index (κ3) is 3.54. The van der Waals surface area contributed by atoms with Crippen LogP contribution in [0.4, 0.5) is 0 Å². The van der Waals surface area contributed by atoms with Gasteiger partial charge in [0.05, 0.1) is 0 Å². The monoisotopic (exact) mass is 259 g/mol. The van der Waals surface area contributed by atoms with Gasteiger partial charge in [0.1, 0.15) is 0 Å². The fourth-order valence-electron chi connectivity index (χ4n) is 3.25. The number of piperidine rings is 2. The summed E-state index contributed by atoms with van der Waals surface area (Å²) in [7, 11) is 0. The van der Waals surface area contributed by atoms with Crippen molar-refractivity contribution in [2.45, 2.75) is 44.6 Å². The Kier molecular flexibility index (Phi) is 4.46. The quantitative estimate of drug-likeness (QED) is 0.904. The molecular weight excluding hydrogens is 234 g/mol. The second-order valence-electron chi connectivity index (χ2n) is 5.97. The van der Waals surface area contributed by atoms with E-state index < -0.39 is 0 Å². The third-order valence-electron chi connectivity index (χ3n) is 4.42. The molecule has 1 N–H and O–H groups in total. The van der Waals surface area contributed by atoms with Gasteiger partial charge in [-0.2, -0.15) is 0 Å². The lowest BCUT2D eigenvalue weighted by molar-refractivity contribution is 0.220. The first-order valence-electron chi connectivity index (χ1n) is 7.80. The molecule has 1 unspecified atom stereocenters. The minimum Gasteiger partial charge on any atom is -0.316 e. The normalized spacial score (nSPS) is 25.4. The van der Waals surface area contributed by atoms with Crippen LogP contribution >= 0.6 is 0 Å². The molecule has 3 rings (SSSR count). The maximum absolute atomic E-state index is 4.70. The van der Waals surface area contributed by atoms with Crippen LogP contribution in [0.15, 0.2) is 18.3 Å². The molecule has 1 atom stereocenters. The molecule has 1 aromatic rings. The fraction of sp³-hybridized carbons (Fsp3) is 0.688. The largest absolute Gasteiger partial charge is 0.316 e. The van der Waals surface area contributed by atoms with Gasteiger partial charge in [-0.3, -0.25) is 9.88 Å². The highest BCUT2D eigenvalue weighted by molar-refractivity contribution is 5.17. The third-order valence-corrected chi connectivity index (χ3v) is 4.42. The number of aromatic nitrogens is 1. The molecule has 0 saturated carbocycles. The van der Waals surface area contributed by atoms with Crippen LogP contribution in [-0.4, -0.2) is 36.1 Å². The van der Waals surface area contributed by atoms with Gasteiger partial charge in [0.25, 0.3) is 0 Å². The Labute approximate surface area is 116 Å². The van der Waals surface area contributed by atoms with Crippen LogP contribution < -0.4 is 5.32 Å². The zero-order valence-corrected chi connectivity index (χ0v) is 11.8. The maximum atomic E-state index is 4.70. The molecule has 19 heavy (non-hydrogen) atoms. The van der Waals surface area contributed by atoms with Crippen molar-refractivity contribution in [1.29, 1.82) is 0 Å². The average Bonchev–Trinajstić information content (AvgIpc) is 2.50. The van der Waals surface area contributed by atoms with Gasteiger partial charge in [0.2, 0.25) is 0 Å². The first-order chi connectivity index (χ1) is 9.42. The van der Waals surface area contributed by atoms with Crippen molar-refractivity contribution >= 4 is 0 Å². The Morgan fingerprint density at radius 3 is 2.74 bits per heavy atom. The van der Waals surface area contributed by atoms with E-state index in [2.05, 4.69) is 28.5 Å². The minimum atomic E-state index is 0.623. The van der Waals surface area contributed by atoms with E-state index in [1.165, 1.54) is 63.0 Å². The van der Waals surface area contributed by atoms with Crippen molar-refractivity contribution in [3.05, 3.63) is 29.6 Å². The van der Waals surface area contributed by atoms with Crippen molar-refractivity contribution in [3.63, 3.8) is 0 Å². The molecule has 0 bridgehead atoms. The number of nitrogens with one attached hydrogen (secondary N) is 1. The van der Waals surface area contributed by atoms with Gasteiger partial charge in [0.15, 0.2) is 0 Å². The van der Waals surface area contributed by atoms with Crippen molar-refractivity contribution < 1.29 is 0 Å². The van der Waals surface area contributed by atoms with E-state index in [-0.39, 0.29) is 0 Å². The Morgan fingerprint density at radius 1 is 1.16 bits per heavy atom. The lowest BCUT2D eigenvalue weighted by Gasteiger charge is -2.26. The van der Waals surface area contributed by atoms with Crippen LogP contribution in [-0.2, 0) is 6.54 Å². The van der Waals surface area contributed by atoms with Crippen LogP contribution in [0, 0.1) is 0 Å². The summed E-state index contributed by atoms with van der Waals surface area (Å²) in [6.45, 7) is 5.86.